The van der Waals surface area contributed by atoms with E-state index >= 15 is 0 Å². The molecule has 2 heterocycles. The Bertz CT molecular complexity index is 680. The zero-order valence-electron chi connectivity index (χ0n) is 12.0. The minimum atomic E-state index is 0.0803. The fourth-order valence-corrected chi connectivity index (χ4v) is 2.98. The zero-order chi connectivity index (χ0) is 15.4. The van der Waals surface area contributed by atoms with Crippen molar-refractivity contribution < 1.29 is 9.59 Å². The Morgan fingerprint density at radius 3 is 2.23 bits per heavy atom. The van der Waals surface area contributed by atoms with Gasteiger partial charge in [-0.2, -0.15) is 0 Å². The van der Waals surface area contributed by atoms with Crippen molar-refractivity contribution in [3.8, 4) is 0 Å². The summed E-state index contributed by atoms with van der Waals surface area (Å²) in [7, 11) is 0. The van der Waals surface area contributed by atoms with E-state index in [4.69, 9.17) is 0 Å². The molecule has 0 fully saturated rings. The topological polar surface area (TPSA) is 40.6 Å². The van der Waals surface area contributed by atoms with Gasteiger partial charge >= 0.3 is 0 Å². The molecule has 0 radical (unpaired) electrons. The molecule has 3 rings (SSSR count). The molecule has 1 aliphatic rings. The van der Waals surface area contributed by atoms with Gasteiger partial charge in [0.05, 0.1) is 24.6 Å². The second-order valence-electron chi connectivity index (χ2n) is 5.12. The molecule has 0 saturated carbocycles. The van der Waals surface area contributed by atoms with Gasteiger partial charge < -0.3 is 9.80 Å². The van der Waals surface area contributed by atoms with Crippen molar-refractivity contribution in [1.82, 2.24) is 9.80 Å². The van der Waals surface area contributed by atoms with Crippen molar-refractivity contribution in [3.05, 3.63) is 70.7 Å². The van der Waals surface area contributed by atoms with Gasteiger partial charge in [0, 0.05) is 18.0 Å². The van der Waals surface area contributed by atoms with E-state index in [1.54, 1.807) is 0 Å². The number of carbonyl (C=O) groups excluding carboxylic acids is 2. The van der Waals surface area contributed by atoms with Crippen LogP contribution in [0.25, 0.3) is 0 Å². The van der Waals surface area contributed by atoms with Crippen molar-refractivity contribution in [2.45, 2.75) is 0 Å². The van der Waals surface area contributed by atoms with Crippen LogP contribution in [0.5, 0.6) is 0 Å². The predicted octanol–water partition coefficient (Wildman–Crippen LogP) is 2.86. The van der Waals surface area contributed by atoms with Gasteiger partial charge in [0.1, 0.15) is 0 Å². The van der Waals surface area contributed by atoms with E-state index in [2.05, 4.69) is 0 Å². The third kappa shape index (κ3) is 3.43. The highest BCUT2D eigenvalue weighted by Crippen LogP contribution is 2.13. The summed E-state index contributed by atoms with van der Waals surface area (Å²) < 4.78 is 0. The monoisotopic (exact) mass is 312 g/mol. The third-order valence-corrected chi connectivity index (χ3v) is 4.35. The standard InChI is InChI=1S/C17H16N2O2S/c20-15(14-5-2-1-3-6-14)11-18-8-9-19(13-18)12-16(21)17-7-4-10-22-17/h1-10H,11-13H2. The first-order valence-corrected chi connectivity index (χ1v) is 7.92. The van der Waals surface area contributed by atoms with Crippen molar-refractivity contribution in [3.63, 3.8) is 0 Å². The summed E-state index contributed by atoms with van der Waals surface area (Å²) in [6.45, 7) is 1.23. The number of rotatable bonds is 6. The second kappa shape index (κ2) is 6.58. The summed E-state index contributed by atoms with van der Waals surface area (Å²) >= 11 is 1.46. The van der Waals surface area contributed by atoms with Crippen LogP contribution in [0, 0.1) is 0 Å². The molecule has 0 bridgehead atoms. The lowest BCUT2D eigenvalue weighted by Gasteiger charge is -2.20. The summed E-state index contributed by atoms with van der Waals surface area (Å²) in [4.78, 5) is 28.8. The molecule has 0 spiro atoms. The van der Waals surface area contributed by atoms with Crippen LogP contribution >= 0.6 is 11.3 Å². The fourth-order valence-electron chi connectivity index (χ4n) is 2.32. The van der Waals surface area contributed by atoms with E-state index in [9.17, 15) is 9.59 Å². The first-order chi connectivity index (χ1) is 10.7. The SMILES string of the molecule is O=C(CN1C=CN(CC(=O)c2cccs2)C1)c1ccccc1. The van der Waals surface area contributed by atoms with E-state index in [0.717, 1.165) is 4.88 Å². The molecule has 2 aromatic rings. The fraction of sp³-hybridized carbons (Fsp3) is 0.176. The minimum absolute atomic E-state index is 0.0803. The number of ketones is 2. The first-order valence-electron chi connectivity index (χ1n) is 7.04. The van der Waals surface area contributed by atoms with Gasteiger partial charge in [-0.05, 0) is 11.4 Å². The number of hydrogen-bond donors (Lipinski definition) is 0. The van der Waals surface area contributed by atoms with Crippen LogP contribution in [0.3, 0.4) is 0 Å². The molecule has 1 aromatic carbocycles. The Kier molecular flexibility index (Phi) is 4.34. The van der Waals surface area contributed by atoms with Gasteiger partial charge in [0.2, 0.25) is 0 Å². The second-order valence-corrected chi connectivity index (χ2v) is 6.07. The summed E-state index contributed by atoms with van der Waals surface area (Å²) in [6.07, 6.45) is 3.73. The molecule has 22 heavy (non-hydrogen) atoms. The molecule has 4 nitrogen and oxygen atoms in total. The van der Waals surface area contributed by atoms with Gasteiger partial charge in [-0.3, -0.25) is 9.59 Å². The highest BCUT2D eigenvalue weighted by atomic mass is 32.1. The van der Waals surface area contributed by atoms with E-state index in [-0.39, 0.29) is 11.6 Å². The Hall–Kier alpha value is -2.40. The van der Waals surface area contributed by atoms with Crippen molar-refractivity contribution in [2.75, 3.05) is 19.8 Å². The van der Waals surface area contributed by atoms with E-state index < -0.39 is 0 Å². The van der Waals surface area contributed by atoms with Gasteiger partial charge in [-0.1, -0.05) is 36.4 Å². The maximum Gasteiger partial charge on any atom is 0.192 e. The molecule has 112 valence electrons. The Balaban J connectivity index is 1.52. The van der Waals surface area contributed by atoms with Gasteiger partial charge in [-0.15, -0.1) is 11.3 Å². The third-order valence-electron chi connectivity index (χ3n) is 3.44. The zero-order valence-corrected chi connectivity index (χ0v) is 12.8. The lowest BCUT2D eigenvalue weighted by atomic mass is 10.1. The largest absolute Gasteiger partial charge is 0.351 e. The van der Waals surface area contributed by atoms with Crippen molar-refractivity contribution in [2.24, 2.45) is 0 Å². The van der Waals surface area contributed by atoms with Crippen LogP contribution < -0.4 is 0 Å². The van der Waals surface area contributed by atoms with Crippen LogP contribution in [0.2, 0.25) is 0 Å². The average Bonchev–Trinajstić information content (AvgIpc) is 3.20. The lowest BCUT2D eigenvalue weighted by molar-refractivity contribution is 0.0923. The normalized spacial score (nSPS) is 13.6. The van der Waals surface area contributed by atoms with Gasteiger partial charge in [-0.25, -0.2) is 0 Å². The smallest absolute Gasteiger partial charge is 0.192 e. The molecule has 0 saturated heterocycles. The number of benzene rings is 1. The molecular weight excluding hydrogens is 296 g/mol. The molecule has 0 atom stereocenters. The lowest BCUT2D eigenvalue weighted by Crippen LogP contribution is -2.32. The van der Waals surface area contributed by atoms with Crippen LogP contribution in [-0.4, -0.2) is 41.1 Å². The number of carbonyl (C=O) groups is 2. The highest BCUT2D eigenvalue weighted by Gasteiger charge is 2.19. The molecule has 0 N–H and O–H groups in total. The average molecular weight is 312 g/mol. The van der Waals surface area contributed by atoms with Crippen molar-refractivity contribution >= 4 is 22.9 Å². The van der Waals surface area contributed by atoms with Crippen LogP contribution in [-0.2, 0) is 0 Å². The molecule has 0 unspecified atom stereocenters. The highest BCUT2D eigenvalue weighted by molar-refractivity contribution is 7.12. The van der Waals surface area contributed by atoms with E-state index in [1.165, 1.54) is 11.3 Å². The first kappa shape index (κ1) is 14.5. The number of thiophene rings is 1. The summed E-state index contributed by atoms with van der Waals surface area (Å²) in [5, 5.41) is 1.90. The summed E-state index contributed by atoms with van der Waals surface area (Å²) in [5.74, 6) is 0.188. The van der Waals surface area contributed by atoms with E-state index in [1.807, 2.05) is 70.0 Å². The summed E-state index contributed by atoms with van der Waals surface area (Å²) in [5.41, 5.74) is 0.712. The number of hydrogen-bond acceptors (Lipinski definition) is 5. The maximum absolute atomic E-state index is 12.2. The Morgan fingerprint density at radius 2 is 1.59 bits per heavy atom. The Labute approximate surface area is 133 Å². The van der Waals surface area contributed by atoms with Gasteiger partial charge in [0.15, 0.2) is 11.6 Å². The molecule has 5 heteroatoms. The molecule has 0 aliphatic carbocycles. The minimum Gasteiger partial charge on any atom is -0.351 e. The maximum atomic E-state index is 12.2. The van der Waals surface area contributed by atoms with Gasteiger partial charge in [0.25, 0.3) is 0 Å². The van der Waals surface area contributed by atoms with Crippen LogP contribution in [0.4, 0.5) is 0 Å². The molecule has 1 aliphatic heterocycles. The molecular formula is C17H16N2O2S. The predicted molar refractivity (Wildman–Crippen MR) is 86.8 cm³/mol. The number of Topliss-reactive ketones (excluding diaryl/α,β-unsaturated/α-hetero) is 2. The quantitative estimate of drug-likeness (QED) is 0.769. The summed E-state index contributed by atoms with van der Waals surface area (Å²) in [6, 6.07) is 13.0. The molecule has 0 amide bonds. The van der Waals surface area contributed by atoms with Crippen molar-refractivity contribution in [1.29, 1.82) is 0 Å². The molecule has 1 aromatic heterocycles. The van der Waals surface area contributed by atoms with Crippen LogP contribution in [0.15, 0.2) is 60.2 Å². The van der Waals surface area contributed by atoms with E-state index in [0.29, 0.717) is 25.3 Å². The Morgan fingerprint density at radius 1 is 0.909 bits per heavy atom. The van der Waals surface area contributed by atoms with Crippen LogP contribution in [0.1, 0.15) is 20.0 Å². The number of nitrogens with zero attached hydrogens (tertiary/aromatic N) is 2.